The molecule has 2 fully saturated rings. The van der Waals surface area contributed by atoms with E-state index < -0.39 is 6.04 Å². The number of carbonyl (C=O) groups excluding carboxylic acids is 2. The molecule has 2 atom stereocenters. The summed E-state index contributed by atoms with van der Waals surface area (Å²) >= 11 is 0. The van der Waals surface area contributed by atoms with Crippen LogP contribution in [0.2, 0.25) is 0 Å². The maximum atomic E-state index is 12.4. The molecule has 1 aliphatic carbocycles. The lowest BCUT2D eigenvalue weighted by Gasteiger charge is -2.37. The Kier molecular flexibility index (Phi) is 6.69. The lowest BCUT2D eigenvalue weighted by molar-refractivity contribution is -0.135. The Balaban J connectivity index is 1.76. The predicted molar refractivity (Wildman–Crippen MR) is 91.0 cm³/mol. The molecule has 1 aliphatic heterocycles. The molecule has 6 nitrogen and oxygen atoms in total. The Bertz CT molecular complexity index is 401. The van der Waals surface area contributed by atoms with Gasteiger partial charge in [-0.25, -0.2) is 4.79 Å². The van der Waals surface area contributed by atoms with Gasteiger partial charge in [-0.15, -0.1) is 0 Å². The topological polar surface area (TPSA) is 78.7 Å². The second-order valence-electron chi connectivity index (χ2n) is 7.01. The Hall–Kier alpha value is -1.30. The third-order valence-corrected chi connectivity index (χ3v) is 5.35. The molecule has 1 saturated heterocycles. The molecule has 0 aromatic heterocycles. The number of nitrogens with one attached hydrogen (secondary N) is 1. The van der Waals surface area contributed by atoms with Gasteiger partial charge in [0.1, 0.15) is 0 Å². The van der Waals surface area contributed by atoms with Crippen LogP contribution in [0.1, 0.15) is 52.4 Å². The Morgan fingerprint density at radius 3 is 2.22 bits per heavy atom. The normalized spacial score (nSPS) is 22.6. The van der Waals surface area contributed by atoms with Crippen LogP contribution in [0, 0.1) is 5.92 Å². The first-order valence-corrected chi connectivity index (χ1v) is 9.12. The fourth-order valence-electron chi connectivity index (χ4n) is 3.35. The van der Waals surface area contributed by atoms with E-state index in [1.807, 2.05) is 18.7 Å². The fourth-order valence-corrected chi connectivity index (χ4v) is 3.35. The molecule has 1 saturated carbocycles. The second-order valence-corrected chi connectivity index (χ2v) is 7.01. The van der Waals surface area contributed by atoms with E-state index in [-0.39, 0.29) is 17.9 Å². The van der Waals surface area contributed by atoms with E-state index >= 15 is 0 Å². The minimum absolute atomic E-state index is 0.0201. The number of urea groups is 1. The quantitative estimate of drug-likeness (QED) is 0.823. The maximum Gasteiger partial charge on any atom is 0.317 e. The van der Waals surface area contributed by atoms with Crippen LogP contribution in [0.4, 0.5) is 4.79 Å². The van der Waals surface area contributed by atoms with Crippen molar-refractivity contribution in [2.24, 2.45) is 11.7 Å². The van der Waals surface area contributed by atoms with E-state index in [0.29, 0.717) is 32.2 Å². The lowest BCUT2D eigenvalue weighted by Crippen LogP contribution is -2.57. The van der Waals surface area contributed by atoms with E-state index in [9.17, 15) is 9.59 Å². The van der Waals surface area contributed by atoms with Gasteiger partial charge in [-0.1, -0.05) is 39.5 Å². The van der Waals surface area contributed by atoms with E-state index in [1.54, 1.807) is 4.90 Å². The molecule has 3 N–H and O–H groups in total. The summed E-state index contributed by atoms with van der Waals surface area (Å²) in [5.74, 6) is 0.210. The predicted octanol–water partition coefficient (Wildman–Crippen LogP) is 1.55. The van der Waals surface area contributed by atoms with Gasteiger partial charge >= 0.3 is 6.03 Å². The molecule has 0 aromatic carbocycles. The van der Waals surface area contributed by atoms with Crippen molar-refractivity contribution in [1.82, 2.24) is 15.1 Å². The summed E-state index contributed by atoms with van der Waals surface area (Å²) < 4.78 is 0. The highest BCUT2D eigenvalue weighted by Crippen LogP contribution is 2.18. The number of nitrogens with zero attached hydrogens (tertiary/aromatic N) is 2. The van der Waals surface area contributed by atoms with Crippen molar-refractivity contribution in [3.05, 3.63) is 0 Å². The van der Waals surface area contributed by atoms with Gasteiger partial charge < -0.3 is 20.9 Å². The maximum absolute atomic E-state index is 12.4. The minimum atomic E-state index is -0.428. The molecule has 0 bridgehead atoms. The van der Waals surface area contributed by atoms with Gasteiger partial charge in [0.15, 0.2) is 0 Å². The number of hydrogen-bond acceptors (Lipinski definition) is 3. The molecule has 2 rings (SSSR count). The summed E-state index contributed by atoms with van der Waals surface area (Å²) in [7, 11) is 0. The average Bonchev–Trinajstić information content (AvgIpc) is 2.60. The molecule has 0 aromatic rings. The average molecular weight is 324 g/mol. The molecule has 0 radical (unpaired) electrons. The van der Waals surface area contributed by atoms with Gasteiger partial charge in [-0.05, 0) is 18.8 Å². The molecule has 23 heavy (non-hydrogen) atoms. The largest absolute Gasteiger partial charge is 0.338 e. The van der Waals surface area contributed by atoms with Crippen LogP contribution in [0.15, 0.2) is 0 Å². The molecule has 2 unspecified atom stereocenters. The molecular formula is C17H32N4O2. The van der Waals surface area contributed by atoms with Crippen LogP contribution in [-0.4, -0.2) is 60.0 Å². The Labute approximate surface area is 139 Å². The van der Waals surface area contributed by atoms with Gasteiger partial charge in [-0.2, -0.15) is 0 Å². The van der Waals surface area contributed by atoms with E-state index in [4.69, 9.17) is 5.73 Å². The molecular weight excluding hydrogens is 292 g/mol. The first kappa shape index (κ1) is 18.0. The van der Waals surface area contributed by atoms with Crippen LogP contribution in [0.5, 0.6) is 0 Å². The van der Waals surface area contributed by atoms with Gasteiger partial charge in [0.05, 0.1) is 6.04 Å². The van der Waals surface area contributed by atoms with Crippen molar-refractivity contribution in [3.8, 4) is 0 Å². The summed E-state index contributed by atoms with van der Waals surface area (Å²) in [6.45, 7) is 6.42. The number of carbonyl (C=O) groups is 2. The first-order chi connectivity index (χ1) is 11.0. The van der Waals surface area contributed by atoms with E-state index in [0.717, 1.165) is 19.3 Å². The Morgan fingerprint density at radius 2 is 1.65 bits per heavy atom. The summed E-state index contributed by atoms with van der Waals surface area (Å²) in [4.78, 5) is 28.3. The van der Waals surface area contributed by atoms with Gasteiger partial charge in [0.2, 0.25) is 5.91 Å². The number of amides is 3. The molecule has 6 heteroatoms. The van der Waals surface area contributed by atoms with Crippen molar-refractivity contribution in [2.45, 2.75) is 64.5 Å². The number of nitrogens with two attached hydrogens (primary N) is 1. The summed E-state index contributed by atoms with van der Waals surface area (Å²) in [6.07, 6.45) is 6.78. The Morgan fingerprint density at radius 1 is 1.09 bits per heavy atom. The van der Waals surface area contributed by atoms with Crippen molar-refractivity contribution in [2.75, 3.05) is 26.2 Å². The second kappa shape index (κ2) is 8.52. The zero-order valence-electron chi connectivity index (χ0n) is 14.6. The number of hydrogen-bond donors (Lipinski definition) is 2. The smallest absolute Gasteiger partial charge is 0.317 e. The molecule has 132 valence electrons. The van der Waals surface area contributed by atoms with Gasteiger partial charge in [0, 0.05) is 32.2 Å². The van der Waals surface area contributed by atoms with Crippen molar-refractivity contribution >= 4 is 11.9 Å². The molecule has 1 heterocycles. The summed E-state index contributed by atoms with van der Waals surface area (Å²) in [5.41, 5.74) is 6.04. The summed E-state index contributed by atoms with van der Waals surface area (Å²) in [5, 5.41) is 3.14. The highest BCUT2D eigenvalue weighted by atomic mass is 16.2. The highest BCUT2D eigenvalue weighted by Gasteiger charge is 2.29. The summed E-state index contributed by atoms with van der Waals surface area (Å²) in [6, 6.07) is -0.0763. The van der Waals surface area contributed by atoms with Crippen LogP contribution in [-0.2, 0) is 4.79 Å². The molecule has 0 spiro atoms. The first-order valence-electron chi connectivity index (χ1n) is 9.12. The van der Waals surface area contributed by atoms with Crippen LogP contribution in [0.3, 0.4) is 0 Å². The van der Waals surface area contributed by atoms with Gasteiger partial charge in [0.25, 0.3) is 0 Å². The van der Waals surface area contributed by atoms with Crippen molar-refractivity contribution < 1.29 is 9.59 Å². The zero-order chi connectivity index (χ0) is 16.8. The monoisotopic (exact) mass is 324 g/mol. The number of piperazine rings is 1. The van der Waals surface area contributed by atoms with Crippen LogP contribution >= 0.6 is 0 Å². The van der Waals surface area contributed by atoms with Crippen molar-refractivity contribution in [1.29, 1.82) is 0 Å². The van der Waals surface area contributed by atoms with E-state index in [2.05, 4.69) is 5.32 Å². The standard InChI is InChI=1S/C17H32N4O2/c1-3-13(2)15(18)16(22)20-9-11-21(12-10-20)17(23)19-14-7-5-4-6-8-14/h13-15H,3-12,18H2,1-2H3,(H,19,23). The fraction of sp³-hybridized carbons (Fsp3) is 0.882. The number of rotatable bonds is 4. The third-order valence-electron chi connectivity index (χ3n) is 5.35. The minimum Gasteiger partial charge on any atom is -0.338 e. The third kappa shape index (κ3) is 4.83. The zero-order valence-corrected chi connectivity index (χ0v) is 14.6. The lowest BCUT2D eigenvalue weighted by atomic mass is 9.96. The van der Waals surface area contributed by atoms with Crippen LogP contribution < -0.4 is 11.1 Å². The van der Waals surface area contributed by atoms with Gasteiger partial charge in [-0.3, -0.25) is 4.79 Å². The highest BCUT2D eigenvalue weighted by molar-refractivity contribution is 5.82. The molecule has 3 amide bonds. The SMILES string of the molecule is CCC(C)C(N)C(=O)N1CCN(C(=O)NC2CCCCC2)CC1. The molecule has 2 aliphatic rings. The van der Waals surface area contributed by atoms with Crippen molar-refractivity contribution in [3.63, 3.8) is 0 Å². The van der Waals surface area contributed by atoms with E-state index in [1.165, 1.54) is 19.3 Å². The van der Waals surface area contributed by atoms with Crippen LogP contribution in [0.25, 0.3) is 0 Å².